The molecule has 0 radical (unpaired) electrons. The SMILES string of the molecule is C=Cc1ccc(OC2(C3CC4CCC3O4)CCCC2)cc1. The third-order valence-electron chi connectivity index (χ3n) is 5.67. The van der Waals surface area contributed by atoms with Gasteiger partial charge in [0.15, 0.2) is 0 Å². The van der Waals surface area contributed by atoms with Crippen molar-refractivity contribution < 1.29 is 9.47 Å². The molecule has 2 aliphatic heterocycles. The third kappa shape index (κ3) is 2.30. The summed E-state index contributed by atoms with van der Waals surface area (Å²) in [5.74, 6) is 1.60. The van der Waals surface area contributed by atoms with Crippen molar-refractivity contribution in [3.05, 3.63) is 36.4 Å². The molecule has 21 heavy (non-hydrogen) atoms. The highest BCUT2D eigenvalue weighted by molar-refractivity contribution is 5.48. The Morgan fingerprint density at radius 2 is 1.90 bits per heavy atom. The minimum atomic E-state index is 0.0233. The van der Waals surface area contributed by atoms with Crippen molar-refractivity contribution in [1.29, 1.82) is 0 Å². The Morgan fingerprint density at radius 3 is 2.48 bits per heavy atom. The first-order valence-electron chi connectivity index (χ1n) is 8.36. The van der Waals surface area contributed by atoms with E-state index in [9.17, 15) is 0 Å². The fraction of sp³-hybridized carbons (Fsp3) is 0.579. The molecule has 3 fully saturated rings. The maximum Gasteiger partial charge on any atom is 0.120 e. The summed E-state index contributed by atoms with van der Waals surface area (Å²) >= 11 is 0. The predicted octanol–water partition coefficient (Wildman–Crippen LogP) is 4.59. The van der Waals surface area contributed by atoms with Crippen LogP contribution in [0.25, 0.3) is 6.08 Å². The van der Waals surface area contributed by atoms with E-state index in [0.717, 1.165) is 11.3 Å². The van der Waals surface area contributed by atoms with Gasteiger partial charge in [0, 0.05) is 5.92 Å². The van der Waals surface area contributed by atoms with Crippen molar-refractivity contribution in [1.82, 2.24) is 0 Å². The maximum atomic E-state index is 6.58. The molecule has 2 saturated heterocycles. The molecule has 3 unspecified atom stereocenters. The fourth-order valence-corrected chi connectivity index (χ4v) is 4.62. The monoisotopic (exact) mass is 284 g/mol. The quantitative estimate of drug-likeness (QED) is 0.805. The van der Waals surface area contributed by atoms with Crippen LogP contribution < -0.4 is 4.74 Å². The van der Waals surface area contributed by atoms with E-state index in [1.807, 2.05) is 6.08 Å². The van der Waals surface area contributed by atoms with E-state index < -0.39 is 0 Å². The van der Waals surface area contributed by atoms with Crippen LogP contribution in [0.3, 0.4) is 0 Å². The Kier molecular flexibility index (Phi) is 3.30. The van der Waals surface area contributed by atoms with Crippen LogP contribution in [0.4, 0.5) is 0 Å². The van der Waals surface area contributed by atoms with Crippen LogP contribution >= 0.6 is 0 Å². The molecule has 2 heterocycles. The largest absolute Gasteiger partial charge is 0.487 e. The van der Waals surface area contributed by atoms with Crippen molar-refractivity contribution in [2.75, 3.05) is 0 Å². The fourth-order valence-electron chi connectivity index (χ4n) is 4.62. The number of hydrogen-bond donors (Lipinski definition) is 0. The molecule has 0 amide bonds. The summed E-state index contributed by atoms with van der Waals surface area (Å²) in [6.45, 7) is 3.81. The normalized spacial score (nSPS) is 33.2. The van der Waals surface area contributed by atoms with E-state index >= 15 is 0 Å². The predicted molar refractivity (Wildman–Crippen MR) is 84.4 cm³/mol. The molecule has 1 saturated carbocycles. The van der Waals surface area contributed by atoms with Crippen molar-refractivity contribution in [3.63, 3.8) is 0 Å². The van der Waals surface area contributed by atoms with Crippen LogP contribution in [0.2, 0.25) is 0 Å². The van der Waals surface area contributed by atoms with Gasteiger partial charge in [-0.05, 0) is 62.6 Å². The lowest BCUT2D eigenvalue weighted by Gasteiger charge is -2.39. The molecule has 2 bridgehead atoms. The zero-order chi connectivity index (χ0) is 14.3. The van der Waals surface area contributed by atoms with Crippen molar-refractivity contribution in [2.45, 2.75) is 62.8 Å². The van der Waals surface area contributed by atoms with Crippen LogP contribution in [0.5, 0.6) is 5.75 Å². The Morgan fingerprint density at radius 1 is 1.14 bits per heavy atom. The van der Waals surface area contributed by atoms with Gasteiger partial charge < -0.3 is 9.47 Å². The van der Waals surface area contributed by atoms with Gasteiger partial charge in [0.2, 0.25) is 0 Å². The van der Waals surface area contributed by atoms with Gasteiger partial charge in [-0.3, -0.25) is 0 Å². The first kappa shape index (κ1) is 13.4. The summed E-state index contributed by atoms with van der Waals surface area (Å²) in [6, 6.07) is 8.35. The van der Waals surface area contributed by atoms with Crippen LogP contribution in [-0.4, -0.2) is 17.8 Å². The third-order valence-corrected chi connectivity index (χ3v) is 5.67. The smallest absolute Gasteiger partial charge is 0.120 e. The Labute approximate surface area is 127 Å². The van der Waals surface area contributed by atoms with Gasteiger partial charge in [-0.2, -0.15) is 0 Å². The van der Waals surface area contributed by atoms with E-state index in [1.165, 1.54) is 44.9 Å². The average molecular weight is 284 g/mol. The van der Waals surface area contributed by atoms with Gasteiger partial charge in [0.25, 0.3) is 0 Å². The van der Waals surface area contributed by atoms with Crippen molar-refractivity contribution in [3.8, 4) is 5.75 Å². The molecule has 2 heteroatoms. The Balaban J connectivity index is 1.57. The highest BCUT2D eigenvalue weighted by Crippen LogP contribution is 2.51. The highest BCUT2D eigenvalue weighted by atomic mass is 16.5. The Bertz CT molecular complexity index is 513. The molecular formula is C19H24O2. The molecule has 2 nitrogen and oxygen atoms in total. The van der Waals surface area contributed by atoms with E-state index in [0.29, 0.717) is 18.1 Å². The number of rotatable bonds is 4. The summed E-state index contributed by atoms with van der Waals surface area (Å²) in [4.78, 5) is 0. The van der Waals surface area contributed by atoms with E-state index in [1.54, 1.807) is 0 Å². The second-order valence-corrected chi connectivity index (χ2v) is 6.86. The number of ether oxygens (including phenoxy) is 2. The molecule has 1 aromatic rings. The molecule has 0 aromatic heterocycles. The van der Waals surface area contributed by atoms with E-state index in [4.69, 9.17) is 9.47 Å². The van der Waals surface area contributed by atoms with Crippen LogP contribution in [0.15, 0.2) is 30.8 Å². The molecular weight excluding hydrogens is 260 g/mol. The summed E-state index contributed by atoms with van der Waals surface area (Å²) in [5.41, 5.74) is 1.17. The zero-order valence-corrected chi connectivity index (χ0v) is 12.6. The molecule has 112 valence electrons. The zero-order valence-electron chi connectivity index (χ0n) is 12.6. The number of fused-ring (bicyclic) bond motifs is 2. The minimum Gasteiger partial charge on any atom is -0.487 e. The minimum absolute atomic E-state index is 0.0233. The van der Waals surface area contributed by atoms with Gasteiger partial charge in [-0.15, -0.1) is 0 Å². The van der Waals surface area contributed by atoms with Crippen molar-refractivity contribution in [2.24, 2.45) is 5.92 Å². The highest BCUT2D eigenvalue weighted by Gasteiger charge is 2.54. The Hall–Kier alpha value is -1.28. The lowest BCUT2D eigenvalue weighted by atomic mass is 9.75. The first-order valence-corrected chi connectivity index (χ1v) is 8.36. The van der Waals surface area contributed by atoms with Crippen molar-refractivity contribution >= 4 is 6.08 Å². The molecule has 0 N–H and O–H groups in total. The molecule has 0 spiro atoms. The standard InChI is InChI=1S/C19H24O2/c1-2-14-5-7-15(8-6-14)21-19(11-3-4-12-19)17-13-16-9-10-18(17)20-16/h2,5-8,16-18H,1,3-4,9-13H2. The summed E-state index contributed by atoms with van der Waals surface area (Å²) < 4.78 is 12.7. The second kappa shape index (κ2) is 5.17. The molecule has 3 atom stereocenters. The summed E-state index contributed by atoms with van der Waals surface area (Å²) in [7, 11) is 0. The van der Waals surface area contributed by atoms with Gasteiger partial charge in [-0.1, -0.05) is 24.8 Å². The lowest BCUT2D eigenvalue weighted by Crippen LogP contribution is -2.45. The van der Waals surface area contributed by atoms with Crippen LogP contribution in [-0.2, 0) is 4.74 Å². The summed E-state index contributed by atoms with van der Waals surface area (Å²) in [6.07, 6.45) is 11.5. The molecule has 1 aliphatic carbocycles. The summed E-state index contributed by atoms with van der Waals surface area (Å²) in [5, 5.41) is 0. The molecule has 3 aliphatic rings. The average Bonchev–Trinajstić information content (AvgIpc) is 3.25. The number of benzene rings is 1. The van der Waals surface area contributed by atoms with Gasteiger partial charge >= 0.3 is 0 Å². The van der Waals surface area contributed by atoms with E-state index in [2.05, 4.69) is 30.8 Å². The van der Waals surface area contributed by atoms with E-state index in [-0.39, 0.29) is 5.60 Å². The maximum absolute atomic E-state index is 6.58. The molecule has 1 aromatic carbocycles. The van der Waals surface area contributed by atoms with Crippen LogP contribution in [0, 0.1) is 5.92 Å². The van der Waals surface area contributed by atoms with Gasteiger partial charge in [0.05, 0.1) is 12.2 Å². The second-order valence-electron chi connectivity index (χ2n) is 6.86. The number of hydrogen-bond acceptors (Lipinski definition) is 2. The van der Waals surface area contributed by atoms with Gasteiger partial charge in [0.1, 0.15) is 11.4 Å². The molecule has 4 rings (SSSR count). The van der Waals surface area contributed by atoms with Crippen LogP contribution in [0.1, 0.15) is 50.5 Å². The van der Waals surface area contributed by atoms with Gasteiger partial charge in [-0.25, -0.2) is 0 Å². The lowest BCUT2D eigenvalue weighted by molar-refractivity contribution is -0.0199. The first-order chi connectivity index (χ1) is 10.3. The topological polar surface area (TPSA) is 18.5 Å².